The quantitative estimate of drug-likeness (QED) is 0.254. The zero-order valence-electron chi connectivity index (χ0n) is 17.3. The van der Waals surface area contributed by atoms with Crippen molar-refractivity contribution in [2.24, 2.45) is 5.16 Å². The molecular formula is C24H21N5O3. The molecule has 0 atom stereocenters. The summed E-state index contributed by atoms with van der Waals surface area (Å²) in [5.41, 5.74) is 5.14. The largest absolute Gasteiger partial charge is 0.476 e. The molecule has 0 saturated heterocycles. The summed E-state index contributed by atoms with van der Waals surface area (Å²) in [5.74, 6) is -1.26. The molecule has 32 heavy (non-hydrogen) atoms. The van der Waals surface area contributed by atoms with Gasteiger partial charge in [-0.2, -0.15) is 0 Å². The molecule has 4 rings (SSSR count). The lowest BCUT2D eigenvalue weighted by Crippen LogP contribution is -2.44. The first-order valence-electron chi connectivity index (χ1n) is 9.87. The van der Waals surface area contributed by atoms with E-state index in [4.69, 9.17) is 0 Å². The molecule has 8 nitrogen and oxygen atoms in total. The van der Waals surface area contributed by atoms with E-state index in [-0.39, 0.29) is 11.4 Å². The van der Waals surface area contributed by atoms with Gasteiger partial charge in [0.1, 0.15) is 18.3 Å². The highest BCUT2D eigenvalue weighted by Crippen LogP contribution is 2.37. The normalized spacial score (nSPS) is 11.7. The van der Waals surface area contributed by atoms with Gasteiger partial charge in [0.25, 0.3) is 0 Å². The van der Waals surface area contributed by atoms with Crippen LogP contribution in [0, 0.1) is 0 Å². The van der Waals surface area contributed by atoms with Crippen LogP contribution < -0.4 is 5.43 Å². The second-order valence-electron chi connectivity index (χ2n) is 6.91. The monoisotopic (exact) mass is 427 g/mol. The highest BCUT2D eigenvalue weighted by Gasteiger charge is 2.37. The average molecular weight is 427 g/mol. The molecule has 0 saturated carbocycles. The first-order valence-corrected chi connectivity index (χ1v) is 9.87. The summed E-state index contributed by atoms with van der Waals surface area (Å²) in [4.78, 5) is 17.4. The Labute approximate surface area is 184 Å². The van der Waals surface area contributed by atoms with Gasteiger partial charge in [0, 0.05) is 0 Å². The van der Waals surface area contributed by atoms with Crippen molar-refractivity contribution in [2.75, 3.05) is 12.5 Å². The molecule has 0 amide bonds. The van der Waals surface area contributed by atoms with Crippen LogP contribution in [0.5, 0.6) is 0 Å². The minimum absolute atomic E-state index is 0.0648. The third kappa shape index (κ3) is 3.93. The molecular weight excluding hydrogens is 406 g/mol. The van der Waals surface area contributed by atoms with E-state index in [9.17, 15) is 9.90 Å². The molecule has 2 N–H and O–H groups in total. The Balaban J connectivity index is 1.90. The number of carbonyl (C=O) groups is 1. The third-order valence-electron chi connectivity index (χ3n) is 5.01. The Kier molecular flexibility index (Phi) is 5.94. The highest BCUT2D eigenvalue weighted by atomic mass is 16.6. The second-order valence-corrected chi connectivity index (χ2v) is 6.91. The number of carboxylic acids is 1. The predicted octanol–water partition coefficient (Wildman–Crippen LogP) is 3.25. The van der Waals surface area contributed by atoms with E-state index in [1.54, 1.807) is 0 Å². The maximum atomic E-state index is 11.5. The number of carboxylic acid groups (broad SMARTS) is 1. The van der Waals surface area contributed by atoms with E-state index < -0.39 is 11.5 Å². The smallest absolute Gasteiger partial charge is 0.360 e. The van der Waals surface area contributed by atoms with Crippen LogP contribution in [0.15, 0.2) is 102 Å². The number of nitrogens with zero attached hydrogens (tertiary/aromatic N) is 4. The molecule has 0 aliphatic rings. The summed E-state index contributed by atoms with van der Waals surface area (Å²) in [7, 11) is 1.27. The Hall–Kier alpha value is -4.46. The molecule has 160 valence electrons. The van der Waals surface area contributed by atoms with E-state index in [1.807, 2.05) is 91.0 Å². The summed E-state index contributed by atoms with van der Waals surface area (Å²) < 4.78 is 0. The van der Waals surface area contributed by atoms with Crippen molar-refractivity contribution in [3.63, 3.8) is 0 Å². The molecule has 0 fully saturated rings. The van der Waals surface area contributed by atoms with Gasteiger partial charge in [0.2, 0.25) is 5.71 Å². The standard InChI is InChI=1S/C24H21N5O3/c1-32-27-22(23(30)31)21-17-25-29(26-21)28-24(18-11-5-2-6-12-18,19-13-7-3-8-14-19)20-15-9-4-10-16-20/h2-17,28H,1H3,(H,30,31)/b27-22+. The average Bonchev–Trinajstić information content (AvgIpc) is 3.30. The Morgan fingerprint density at radius 1 is 0.906 bits per heavy atom. The number of rotatable bonds is 8. The van der Waals surface area contributed by atoms with Gasteiger partial charge in [0.05, 0.1) is 6.20 Å². The number of nitrogens with one attached hydrogen (secondary N) is 1. The molecule has 0 aliphatic carbocycles. The highest BCUT2D eigenvalue weighted by molar-refractivity contribution is 6.41. The van der Waals surface area contributed by atoms with Crippen LogP contribution >= 0.6 is 0 Å². The van der Waals surface area contributed by atoms with Crippen LogP contribution in [0.1, 0.15) is 22.4 Å². The van der Waals surface area contributed by atoms with Gasteiger partial charge < -0.3 is 9.94 Å². The predicted molar refractivity (Wildman–Crippen MR) is 120 cm³/mol. The fourth-order valence-corrected chi connectivity index (χ4v) is 3.62. The number of aliphatic carboxylic acids is 1. The maximum Gasteiger partial charge on any atom is 0.360 e. The van der Waals surface area contributed by atoms with Crippen LogP contribution in [0.2, 0.25) is 0 Å². The SMILES string of the molecule is CO/N=C(/C(=O)O)c1cnn(NC(c2ccccc2)(c2ccccc2)c2ccccc2)n1. The van der Waals surface area contributed by atoms with E-state index >= 15 is 0 Å². The van der Waals surface area contributed by atoms with Gasteiger partial charge >= 0.3 is 5.97 Å². The lowest BCUT2D eigenvalue weighted by atomic mass is 9.77. The first kappa shape index (κ1) is 20.8. The minimum Gasteiger partial charge on any atom is -0.476 e. The molecule has 1 heterocycles. The molecule has 1 aromatic heterocycles. The summed E-state index contributed by atoms with van der Waals surface area (Å²) in [5, 5.41) is 21.5. The van der Waals surface area contributed by atoms with Crippen LogP contribution in [0.3, 0.4) is 0 Å². The minimum atomic E-state index is -1.26. The van der Waals surface area contributed by atoms with Crippen LogP contribution in [-0.2, 0) is 15.2 Å². The zero-order valence-corrected chi connectivity index (χ0v) is 17.3. The molecule has 0 spiro atoms. The number of oxime groups is 1. The topological polar surface area (TPSA) is 102 Å². The van der Waals surface area contributed by atoms with Crippen LogP contribution in [0.25, 0.3) is 0 Å². The van der Waals surface area contributed by atoms with Crippen LogP contribution in [-0.4, -0.2) is 39.0 Å². The molecule has 4 aromatic rings. The first-order chi connectivity index (χ1) is 15.6. The molecule has 3 aromatic carbocycles. The Morgan fingerprint density at radius 2 is 1.38 bits per heavy atom. The van der Waals surface area contributed by atoms with Gasteiger partial charge in [-0.25, -0.2) is 4.79 Å². The molecule has 0 bridgehead atoms. The summed E-state index contributed by atoms with van der Waals surface area (Å²) in [6, 6.07) is 29.8. The fourth-order valence-electron chi connectivity index (χ4n) is 3.62. The molecule has 0 radical (unpaired) electrons. The zero-order chi connectivity index (χ0) is 22.4. The van der Waals surface area contributed by atoms with Gasteiger partial charge in [-0.05, 0) is 16.7 Å². The third-order valence-corrected chi connectivity index (χ3v) is 5.01. The second kappa shape index (κ2) is 9.13. The van der Waals surface area contributed by atoms with Crippen molar-refractivity contribution in [3.8, 4) is 0 Å². The van der Waals surface area contributed by atoms with Gasteiger partial charge in [0.15, 0.2) is 0 Å². The van der Waals surface area contributed by atoms with Crippen molar-refractivity contribution in [2.45, 2.75) is 5.54 Å². The van der Waals surface area contributed by atoms with Crippen molar-refractivity contribution < 1.29 is 14.7 Å². The summed E-state index contributed by atoms with van der Waals surface area (Å²) in [6.45, 7) is 0. The van der Waals surface area contributed by atoms with E-state index in [0.717, 1.165) is 16.7 Å². The summed E-state index contributed by atoms with van der Waals surface area (Å²) >= 11 is 0. The van der Waals surface area contributed by atoms with Crippen molar-refractivity contribution in [1.29, 1.82) is 0 Å². The van der Waals surface area contributed by atoms with Crippen LogP contribution in [0.4, 0.5) is 0 Å². The number of benzene rings is 3. The molecule has 8 heteroatoms. The Bertz CT molecular complexity index is 1110. The Morgan fingerprint density at radius 3 is 1.78 bits per heavy atom. The number of aromatic nitrogens is 3. The van der Waals surface area contributed by atoms with E-state index in [2.05, 4.69) is 25.6 Å². The summed E-state index contributed by atoms with van der Waals surface area (Å²) in [6.07, 6.45) is 1.32. The maximum absolute atomic E-state index is 11.5. The van der Waals surface area contributed by atoms with E-state index in [1.165, 1.54) is 18.2 Å². The number of hydrogen-bond donors (Lipinski definition) is 2. The molecule has 0 unspecified atom stereocenters. The van der Waals surface area contributed by atoms with Crippen molar-refractivity contribution >= 4 is 11.7 Å². The van der Waals surface area contributed by atoms with Gasteiger partial charge in [-0.15, -0.1) is 10.2 Å². The lowest BCUT2D eigenvalue weighted by molar-refractivity contribution is -0.129. The van der Waals surface area contributed by atoms with Crippen molar-refractivity contribution in [1.82, 2.24) is 15.1 Å². The fraction of sp³-hybridized carbons (Fsp3) is 0.0833. The van der Waals surface area contributed by atoms with Crippen molar-refractivity contribution in [3.05, 3.63) is 120 Å². The van der Waals surface area contributed by atoms with Gasteiger partial charge in [-0.1, -0.05) is 101 Å². The molecule has 0 aliphatic heterocycles. The number of hydrogen-bond acceptors (Lipinski definition) is 6. The lowest BCUT2D eigenvalue weighted by Gasteiger charge is -2.36. The van der Waals surface area contributed by atoms with E-state index in [0.29, 0.717) is 0 Å². The van der Waals surface area contributed by atoms with Gasteiger partial charge in [-0.3, -0.25) is 5.43 Å².